The van der Waals surface area contributed by atoms with Gasteiger partial charge in [0, 0.05) is 0 Å². The Morgan fingerprint density at radius 1 is 1.39 bits per heavy atom. The molecule has 0 aromatic rings. The molecule has 0 nitrogen and oxygen atoms in total. The number of hydrogen-bond donors (Lipinski definition) is 0. The summed E-state index contributed by atoms with van der Waals surface area (Å²) in [5, 5.41) is 0. The molecule has 0 amide bonds. The molecule has 2 aliphatic carbocycles. The van der Waals surface area contributed by atoms with Crippen molar-refractivity contribution >= 4 is 0 Å². The zero-order chi connectivity index (χ0) is 13.2. The van der Waals surface area contributed by atoms with E-state index in [0.717, 1.165) is 19.3 Å². The minimum Gasteiger partial charge on any atom is -0.242 e. The SMILES string of the molecule is CCCC1=CCC(C2(C)C(F)=CC=CC2F)C=C1. The van der Waals surface area contributed by atoms with Gasteiger partial charge in [-0.1, -0.05) is 43.2 Å². The van der Waals surface area contributed by atoms with Crippen LogP contribution in [0, 0.1) is 11.3 Å². The lowest BCUT2D eigenvalue weighted by molar-refractivity contribution is 0.120. The molecule has 98 valence electrons. The van der Waals surface area contributed by atoms with Crippen molar-refractivity contribution in [2.75, 3.05) is 0 Å². The normalized spacial score (nSPS) is 35.3. The second-order valence-corrected chi connectivity index (χ2v) is 5.31. The van der Waals surface area contributed by atoms with E-state index in [1.54, 1.807) is 6.92 Å². The fourth-order valence-corrected chi connectivity index (χ4v) is 2.71. The summed E-state index contributed by atoms with van der Waals surface area (Å²) < 4.78 is 28.1. The third-order valence-corrected chi connectivity index (χ3v) is 4.10. The maximum atomic E-state index is 14.1. The van der Waals surface area contributed by atoms with Gasteiger partial charge in [0.1, 0.15) is 12.0 Å². The minimum absolute atomic E-state index is 0.102. The van der Waals surface area contributed by atoms with Crippen molar-refractivity contribution in [2.24, 2.45) is 11.3 Å². The Morgan fingerprint density at radius 2 is 2.17 bits per heavy atom. The van der Waals surface area contributed by atoms with Crippen LogP contribution in [0.4, 0.5) is 8.78 Å². The van der Waals surface area contributed by atoms with Gasteiger partial charge in [-0.05, 0) is 37.8 Å². The maximum absolute atomic E-state index is 14.1. The van der Waals surface area contributed by atoms with Crippen LogP contribution >= 0.6 is 0 Å². The van der Waals surface area contributed by atoms with E-state index in [0.29, 0.717) is 0 Å². The zero-order valence-corrected chi connectivity index (χ0v) is 11.0. The molecule has 0 N–H and O–H groups in total. The molecule has 2 heteroatoms. The summed E-state index contributed by atoms with van der Waals surface area (Å²) in [7, 11) is 0. The topological polar surface area (TPSA) is 0 Å². The third kappa shape index (κ3) is 2.21. The van der Waals surface area contributed by atoms with E-state index in [1.165, 1.54) is 23.8 Å². The quantitative estimate of drug-likeness (QED) is 0.657. The Hall–Kier alpha value is -1.18. The lowest BCUT2D eigenvalue weighted by Crippen LogP contribution is -2.37. The van der Waals surface area contributed by atoms with E-state index >= 15 is 0 Å². The molecule has 3 unspecified atom stereocenters. The molecule has 0 heterocycles. The molecule has 3 atom stereocenters. The Morgan fingerprint density at radius 3 is 2.72 bits per heavy atom. The van der Waals surface area contributed by atoms with E-state index in [1.807, 2.05) is 12.2 Å². The van der Waals surface area contributed by atoms with Crippen LogP contribution in [0.1, 0.15) is 33.1 Å². The van der Waals surface area contributed by atoms with E-state index in [4.69, 9.17) is 0 Å². The molecule has 18 heavy (non-hydrogen) atoms. The van der Waals surface area contributed by atoms with Gasteiger partial charge >= 0.3 is 0 Å². The highest BCUT2D eigenvalue weighted by Gasteiger charge is 2.44. The molecule has 0 aromatic carbocycles. The lowest BCUT2D eigenvalue weighted by atomic mass is 9.68. The molecule has 0 aliphatic heterocycles. The average Bonchev–Trinajstić information content (AvgIpc) is 2.37. The van der Waals surface area contributed by atoms with Crippen molar-refractivity contribution in [2.45, 2.75) is 39.3 Å². The first-order valence-electron chi connectivity index (χ1n) is 6.64. The first-order valence-corrected chi connectivity index (χ1v) is 6.64. The van der Waals surface area contributed by atoms with Crippen LogP contribution in [0.3, 0.4) is 0 Å². The molecule has 0 aromatic heterocycles. The van der Waals surface area contributed by atoms with Crippen molar-refractivity contribution in [1.29, 1.82) is 0 Å². The van der Waals surface area contributed by atoms with E-state index in [9.17, 15) is 8.78 Å². The van der Waals surface area contributed by atoms with Gasteiger partial charge in [-0.25, -0.2) is 8.78 Å². The fraction of sp³-hybridized carbons (Fsp3) is 0.500. The molecule has 2 aliphatic rings. The largest absolute Gasteiger partial charge is 0.242 e. The smallest absolute Gasteiger partial charge is 0.131 e. The summed E-state index contributed by atoms with van der Waals surface area (Å²) in [6.45, 7) is 3.81. The zero-order valence-electron chi connectivity index (χ0n) is 11.0. The molecule has 0 fully saturated rings. The van der Waals surface area contributed by atoms with Crippen molar-refractivity contribution in [3.63, 3.8) is 0 Å². The van der Waals surface area contributed by atoms with Gasteiger partial charge in [-0.3, -0.25) is 0 Å². The van der Waals surface area contributed by atoms with E-state index in [-0.39, 0.29) is 11.7 Å². The van der Waals surface area contributed by atoms with Crippen molar-refractivity contribution in [1.82, 2.24) is 0 Å². The predicted octanol–water partition coefficient (Wildman–Crippen LogP) is 5.06. The first-order chi connectivity index (χ1) is 8.59. The van der Waals surface area contributed by atoms with Gasteiger partial charge < -0.3 is 0 Å². The van der Waals surface area contributed by atoms with Crippen LogP contribution in [0.15, 0.2) is 47.9 Å². The molecule has 0 radical (unpaired) electrons. The molecule has 0 saturated heterocycles. The third-order valence-electron chi connectivity index (χ3n) is 4.10. The number of halogens is 2. The summed E-state index contributed by atoms with van der Waals surface area (Å²) in [5.74, 6) is -0.450. The second kappa shape index (κ2) is 5.21. The van der Waals surface area contributed by atoms with Crippen LogP contribution < -0.4 is 0 Å². The number of rotatable bonds is 3. The van der Waals surface area contributed by atoms with Crippen molar-refractivity contribution in [3.8, 4) is 0 Å². The van der Waals surface area contributed by atoms with Gasteiger partial charge in [0.15, 0.2) is 0 Å². The van der Waals surface area contributed by atoms with Crippen LogP contribution in [0.5, 0.6) is 0 Å². The van der Waals surface area contributed by atoms with Gasteiger partial charge in [0.05, 0.1) is 5.41 Å². The van der Waals surface area contributed by atoms with Gasteiger partial charge in [0.25, 0.3) is 0 Å². The van der Waals surface area contributed by atoms with Gasteiger partial charge in [-0.15, -0.1) is 0 Å². The van der Waals surface area contributed by atoms with E-state index in [2.05, 4.69) is 13.0 Å². The number of alkyl halides is 1. The molecule has 0 saturated carbocycles. The molecule has 0 spiro atoms. The monoisotopic (exact) mass is 250 g/mol. The summed E-state index contributed by atoms with van der Waals surface area (Å²) >= 11 is 0. The highest BCUT2D eigenvalue weighted by molar-refractivity contribution is 5.32. The summed E-state index contributed by atoms with van der Waals surface area (Å²) in [6.07, 6.45) is 12.0. The Bertz CT molecular complexity index is 428. The Labute approximate surface area is 108 Å². The van der Waals surface area contributed by atoms with Gasteiger partial charge in [0.2, 0.25) is 0 Å². The highest BCUT2D eigenvalue weighted by Crippen LogP contribution is 2.47. The first kappa shape index (κ1) is 13.3. The average molecular weight is 250 g/mol. The molecule has 0 bridgehead atoms. The minimum atomic E-state index is -1.25. The van der Waals surface area contributed by atoms with E-state index < -0.39 is 11.6 Å². The molecular weight excluding hydrogens is 230 g/mol. The lowest BCUT2D eigenvalue weighted by Gasteiger charge is -2.38. The summed E-state index contributed by atoms with van der Waals surface area (Å²) in [4.78, 5) is 0. The summed E-state index contributed by atoms with van der Waals surface area (Å²) in [5.41, 5.74) is 0.239. The molecular formula is C16H20F2. The summed E-state index contributed by atoms with van der Waals surface area (Å²) in [6, 6.07) is 0. The van der Waals surface area contributed by atoms with Crippen LogP contribution in [0.2, 0.25) is 0 Å². The highest BCUT2D eigenvalue weighted by atomic mass is 19.1. The van der Waals surface area contributed by atoms with Crippen molar-refractivity contribution < 1.29 is 8.78 Å². The Balaban J connectivity index is 2.17. The van der Waals surface area contributed by atoms with Crippen LogP contribution in [-0.2, 0) is 0 Å². The fourth-order valence-electron chi connectivity index (χ4n) is 2.71. The van der Waals surface area contributed by atoms with Gasteiger partial charge in [-0.2, -0.15) is 0 Å². The van der Waals surface area contributed by atoms with Crippen LogP contribution in [0.25, 0.3) is 0 Å². The predicted molar refractivity (Wildman–Crippen MR) is 71.6 cm³/mol. The Kier molecular flexibility index (Phi) is 3.84. The standard InChI is InChI=1S/C16H20F2/c1-3-5-12-8-10-13(11-9-12)16(2)14(17)6-4-7-15(16)18/h4,6-10,13-14H,3,5,11H2,1-2H3. The van der Waals surface area contributed by atoms with Crippen LogP contribution in [-0.4, -0.2) is 6.17 Å². The number of allylic oxidation sites excluding steroid dienone is 8. The molecule has 2 rings (SSSR count). The van der Waals surface area contributed by atoms with Crippen molar-refractivity contribution in [3.05, 3.63) is 47.9 Å². The number of hydrogen-bond acceptors (Lipinski definition) is 0. The second-order valence-electron chi connectivity index (χ2n) is 5.31. The maximum Gasteiger partial charge on any atom is 0.131 e.